The zero-order valence-corrected chi connectivity index (χ0v) is 16.4. The first-order chi connectivity index (χ1) is 14.1. The van der Waals surface area contributed by atoms with Crippen molar-refractivity contribution in [3.63, 3.8) is 0 Å². The minimum Gasteiger partial charge on any atom is -0.418 e. The Morgan fingerprint density at radius 2 is 1.62 bits per heavy atom. The molecule has 0 aliphatic rings. The summed E-state index contributed by atoms with van der Waals surface area (Å²) < 4.78 is 5.90. The van der Waals surface area contributed by atoms with Crippen LogP contribution < -0.4 is 5.32 Å². The lowest BCUT2D eigenvalue weighted by atomic mass is 10.1. The number of hydrogen-bond donors (Lipinski definition) is 1. The lowest BCUT2D eigenvalue weighted by Crippen LogP contribution is -2.29. The Hall–Kier alpha value is -3.44. The van der Waals surface area contributed by atoms with Crippen LogP contribution in [0.25, 0.3) is 11.5 Å². The fourth-order valence-electron chi connectivity index (χ4n) is 2.91. The SMILES string of the molecule is Cc1ccc(C(=O)N[C@@H](c2ccc(Cl)cc2)c2nnc(-c3ccccc3)o2)cc1. The van der Waals surface area contributed by atoms with Crippen molar-refractivity contribution in [1.82, 2.24) is 15.5 Å². The number of nitrogens with one attached hydrogen (secondary N) is 1. The molecule has 29 heavy (non-hydrogen) atoms. The van der Waals surface area contributed by atoms with Gasteiger partial charge in [0.25, 0.3) is 5.91 Å². The van der Waals surface area contributed by atoms with E-state index in [1.165, 1.54) is 0 Å². The van der Waals surface area contributed by atoms with E-state index >= 15 is 0 Å². The van der Waals surface area contributed by atoms with Crippen LogP contribution in [0.2, 0.25) is 5.02 Å². The van der Waals surface area contributed by atoms with Gasteiger partial charge in [0.15, 0.2) is 0 Å². The predicted octanol–water partition coefficient (Wildman–Crippen LogP) is 5.22. The van der Waals surface area contributed by atoms with Gasteiger partial charge in [0.1, 0.15) is 6.04 Å². The highest BCUT2D eigenvalue weighted by Gasteiger charge is 2.24. The van der Waals surface area contributed by atoms with Gasteiger partial charge in [0, 0.05) is 16.1 Å². The van der Waals surface area contributed by atoms with Gasteiger partial charge in [-0.1, -0.05) is 59.6 Å². The summed E-state index contributed by atoms with van der Waals surface area (Å²) in [6.45, 7) is 1.97. The Labute approximate surface area is 173 Å². The molecule has 4 rings (SSSR count). The molecule has 0 bridgehead atoms. The topological polar surface area (TPSA) is 68.0 Å². The zero-order valence-electron chi connectivity index (χ0n) is 15.7. The largest absolute Gasteiger partial charge is 0.418 e. The number of hydrogen-bond acceptors (Lipinski definition) is 4. The molecule has 0 saturated carbocycles. The third-order valence-electron chi connectivity index (χ3n) is 4.50. The first-order valence-electron chi connectivity index (χ1n) is 9.12. The summed E-state index contributed by atoms with van der Waals surface area (Å²) in [5.74, 6) is 0.459. The number of benzene rings is 3. The molecule has 0 aliphatic heterocycles. The van der Waals surface area contributed by atoms with Crippen molar-refractivity contribution >= 4 is 17.5 Å². The summed E-state index contributed by atoms with van der Waals surface area (Å²) in [6.07, 6.45) is 0. The van der Waals surface area contributed by atoms with E-state index in [-0.39, 0.29) is 5.91 Å². The Bertz CT molecular complexity index is 1110. The lowest BCUT2D eigenvalue weighted by molar-refractivity contribution is 0.0938. The van der Waals surface area contributed by atoms with Gasteiger partial charge in [-0.15, -0.1) is 10.2 Å². The molecule has 0 saturated heterocycles. The summed E-state index contributed by atoms with van der Waals surface area (Å²) in [4.78, 5) is 12.8. The van der Waals surface area contributed by atoms with Gasteiger partial charge in [-0.2, -0.15) is 0 Å². The zero-order chi connectivity index (χ0) is 20.2. The maximum absolute atomic E-state index is 12.8. The molecule has 4 aromatic rings. The number of carbonyl (C=O) groups excluding carboxylic acids is 1. The van der Waals surface area contributed by atoms with E-state index in [2.05, 4.69) is 15.5 Å². The third kappa shape index (κ3) is 4.36. The van der Waals surface area contributed by atoms with E-state index in [1.54, 1.807) is 24.3 Å². The number of aromatic nitrogens is 2. The molecule has 1 amide bonds. The molecule has 144 valence electrons. The van der Waals surface area contributed by atoms with Gasteiger partial charge in [-0.05, 0) is 48.9 Å². The molecule has 3 aromatic carbocycles. The maximum atomic E-state index is 12.8. The summed E-state index contributed by atoms with van der Waals surface area (Å²) in [7, 11) is 0. The Kier molecular flexibility index (Phi) is 5.40. The van der Waals surface area contributed by atoms with Crippen LogP contribution >= 0.6 is 11.6 Å². The van der Waals surface area contributed by atoms with E-state index in [0.717, 1.165) is 16.7 Å². The van der Waals surface area contributed by atoms with Crippen molar-refractivity contribution in [1.29, 1.82) is 0 Å². The number of aryl methyl sites for hydroxylation is 1. The van der Waals surface area contributed by atoms with Gasteiger partial charge in [0.05, 0.1) is 0 Å². The molecule has 1 aromatic heterocycles. The van der Waals surface area contributed by atoms with Crippen LogP contribution in [-0.2, 0) is 0 Å². The predicted molar refractivity (Wildman–Crippen MR) is 112 cm³/mol. The van der Waals surface area contributed by atoms with Gasteiger partial charge >= 0.3 is 0 Å². The van der Waals surface area contributed by atoms with Crippen LogP contribution in [-0.4, -0.2) is 16.1 Å². The first-order valence-corrected chi connectivity index (χ1v) is 9.50. The minimum atomic E-state index is -0.606. The summed E-state index contributed by atoms with van der Waals surface area (Å²) >= 11 is 6.02. The number of amides is 1. The quantitative estimate of drug-likeness (QED) is 0.496. The molecule has 0 spiro atoms. The smallest absolute Gasteiger partial charge is 0.252 e. The van der Waals surface area contributed by atoms with Crippen molar-refractivity contribution < 1.29 is 9.21 Å². The van der Waals surface area contributed by atoms with Crippen molar-refractivity contribution in [3.05, 3.63) is 106 Å². The number of carbonyl (C=O) groups is 1. The van der Waals surface area contributed by atoms with Crippen molar-refractivity contribution in [3.8, 4) is 11.5 Å². The highest BCUT2D eigenvalue weighted by atomic mass is 35.5. The molecule has 0 fully saturated rings. The molecule has 5 nitrogen and oxygen atoms in total. The highest BCUT2D eigenvalue weighted by Crippen LogP contribution is 2.26. The van der Waals surface area contributed by atoms with Crippen LogP contribution in [0.4, 0.5) is 0 Å². The molecule has 6 heteroatoms. The normalized spacial score (nSPS) is 11.8. The van der Waals surface area contributed by atoms with Crippen LogP contribution in [0.3, 0.4) is 0 Å². The van der Waals surface area contributed by atoms with Gasteiger partial charge < -0.3 is 9.73 Å². The summed E-state index contributed by atoms with van der Waals surface area (Å²) in [6, 6.07) is 23.4. The molecular weight excluding hydrogens is 386 g/mol. The lowest BCUT2D eigenvalue weighted by Gasteiger charge is -2.16. The molecule has 1 heterocycles. The van der Waals surface area contributed by atoms with E-state index in [1.807, 2.05) is 61.5 Å². The Morgan fingerprint density at radius 1 is 0.931 bits per heavy atom. The second-order valence-electron chi connectivity index (χ2n) is 6.64. The van der Waals surface area contributed by atoms with E-state index < -0.39 is 6.04 Å². The molecule has 0 radical (unpaired) electrons. The van der Waals surface area contributed by atoms with Crippen molar-refractivity contribution in [2.45, 2.75) is 13.0 Å². The molecule has 1 N–H and O–H groups in total. The van der Waals surface area contributed by atoms with E-state index in [9.17, 15) is 4.79 Å². The third-order valence-corrected chi connectivity index (χ3v) is 4.75. The number of halogens is 1. The average molecular weight is 404 g/mol. The van der Waals surface area contributed by atoms with Crippen molar-refractivity contribution in [2.75, 3.05) is 0 Å². The van der Waals surface area contributed by atoms with Gasteiger partial charge in [0.2, 0.25) is 11.8 Å². The van der Waals surface area contributed by atoms with Crippen LogP contribution in [0.1, 0.15) is 33.4 Å². The fourth-order valence-corrected chi connectivity index (χ4v) is 3.04. The summed E-state index contributed by atoms with van der Waals surface area (Å²) in [5.41, 5.74) is 3.24. The van der Waals surface area contributed by atoms with Crippen molar-refractivity contribution in [2.24, 2.45) is 0 Å². The van der Waals surface area contributed by atoms with E-state index in [4.69, 9.17) is 16.0 Å². The highest BCUT2D eigenvalue weighted by molar-refractivity contribution is 6.30. The fraction of sp³-hybridized carbons (Fsp3) is 0.0870. The van der Waals surface area contributed by atoms with Gasteiger partial charge in [-0.3, -0.25) is 4.79 Å². The van der Waals surface area contributed by atoms with Gasteiger partial charge in [-0.25, -0.2) is 0 Å². The molecule has 1 atom stereocenters. The van der Waals surface area contributed by atoms with Crippen LogP contribution in [0.5, 0.6) is 0 Å². The van der Waals surface area contributed by atoms with Crippen LogP contribution in [0.15, 0.2) is 83.3 Å². The van der Waals surface area contributed by atoms with E-state index in [0.29, 0.717) is 22.4 Å². The Morgan fingerprint density at radius 3 is 2.31 bits per heavy atom. The average Bonchev–Trinajstić information content (AvgIpc) is 3.24. The number of rotatable bonds is 5. The second-order valence-corrected chi connectivity index (χ2v) is 7.07. The maximum Gasteiger partial charge on any atom is 0.252 e. The standard InChI is InChI=1S/C23H18ClN3O2/c1-15-7-9-17(10-8-15)21(28)25-20(16-11-13-19(24)14-12-16)23-27-26-22(29-23)18-5-3-2-4-6-18/h2-14,20H,1H3,(H,25,28)/t20-/m0/s1. The summed E-state index contributed by atoms with van der Waals surface area (Å²) in [5, 5.41) is 11.9. The second kappa shape index (κ2) is 8.29. The monoisotopic (exact) mass is 403 g/mol. The minimum absolute atomic E-state index is 0.232. The Balaban J connectivity index is 1.67. The number of nitrogens with zero attached hydrogens (tertiary/aromatic N) is 2. The molecule has 0 aliphatic carbocycles. The first kappa shape index (κ1) is 18.9. The molecule has 0 unspecified atom stereocenters. The molecular formula is C23H18ClN3O2. The van der Waals surface area contributed by atoms with Crippen LogP contribution in [0, 0.1) is 6.92 Å².